The molecule has 4 nitrogen and oxygen atoms in total. The van der Waals surface area contributed by atoms with E-state index in [-0.39, 0.29) is 23.7 Å². The average molecular weight is 310 g/mol. The molecule has 0 saturated heterocycles. The second kappa shape index (κ2) is 7.46. The highest BCUT2D eigenvalue weighted by atomic mass is 35.5. The van der Waals surface area contributed by atoms with Gasteiger partial charge in [0.05, 0.1) is 6.04 Å². The van der Waals surface area contributed by atoms with Crippen LogP contribution in [0.4, 0.5) is 4.79 Å². The van der Waals surface area contributed by atoms with E-state index in [0.717, 1.165) is 18.4 Å². The molecule has 1 aromatic rings. The van der Waals surface area contributed by atoms with E-state index in [1.54, 1.807) is 6.92 Å². The molecule has 0 aromatic heterocycles. The van der Waals surface area contributed by atoms with Gasteiger partial charge >= 0.3 is 6.09 Å². The maximum atomic E-state index is 12.0. The molecule has 1 aromatic carbocycles. The van der Waals surface area contributed by atoms with Crippen LogP contribution in [0.2, 0.25) is 0 Å². The minimum absolute atomic E-state index is 0.00186. The van der Waals surface area contributed by atoms with Gasteiger partial charge in [0.25, 0.3) is 0 Å². The normalized spacial score (nSPS) is 22.0. The number of hydrogen-bond acceptors (Lipinski definition) is 3. The van der Waals surface area contributed by atoms with Gasteiger partial charge in [0.1, 0.15) is 6.61 Å². The zero-order valence-electron chi connectivity index (χ0n) is 12.0. The molecule has 1 fully saturated rings. The highest BCUT2D eigenvalue weighted by molar-refractivity contribution is 6.21. The fourth-order valence-corrected chi connectivity index (χ4v) is 2.56. The van der Waals surface area contributed by atoms with E-state index < -0.39 is 12.1 Å². The van der Waals surface area contributed by atoms with E-state index in [2.05, 4.69) is 5.32 Å². The maximum absolute atomic E-state index is 12.0. The molecule has 0 aliphatic heterocycles. The predicted octanol–water partition coefficient (Wildman–Crippen LogP) is 3.28. The minimum atomic E-state index is -0.573. The number of amides is 1. The lowest BCUT2D eigenvalue weighted by molar-refractivity contribution is -0.122. The first-order valence-corrected chi connectivity index (χ1v) is 7.64. The molecule has 21 heavy (non-hydrogen) atoms. The van der Waals surface area contributed by atoms with Crippen molar-refractivity contribution in [1.29, 1.82) is 0 Å². The van der Waals surface area contributed by atoms with E-state index >= 15 is 0 Å². The van der Waals surface area contributed by atoms with Crippen LogP contribution in [0.1, 0.15) is 31.7 Å². The number of ether oxygens (including phenoxy) is 1. The summed E-state index contributed by atoms with van der Waals surface area (Å²) in [5.74, 6) is 0.255. The number of nitrogens with one attached hydrogen (secondary N) is 1. The van der Waals surface area contributed by atoms with Crippen LogP contribution in [0.3, 0.4) is 0 Å². The molecule has 5 heteroatoms. The Hall–Kier alpha value is -1.55. The number of carbonyl (C=O) groups is 2. The topological polar surface area (TPSA) is 55.4 Å². The van der Waals surface area contributed by atoms with Gasteiger partial charge in [-0.1, -0.05) is 30.3 Å². The summed E-state index contributed by atoms with van der Waals surface area (Å²) in [6, 6.07) is 8.86. The largest absolute Gasteiger partial charge is 0.445 e. The monoisotopic (exact) mass is 309 g/mol. The number of carbonyl (C=O) groups excluding carboxylic acids is 2. The van der Waals surface area contributed by atoms with Crippen LogP contribution in [0.25, 0.3) is 0 Å². The van der Waals surface area contributed by atoms with Gasteiger partial charge in [-0.05, 0) is 31.2 Å². The Bertz CT molecular complexity index is 492. The van der Waals surface area contributed by atoms with Crippen molar-refractivity contribution < 1.29 is 14.3 Å². The highest BCUT2D eigenvalue weighted by Crippen LogP contribution is 2.35. The molecule has 0 bridgehead atoms. The number of halogens is 1. The Morgan fingerprint density at radius 3 is 2.62 bits per heavy atom. The lowest BCUT2D eigenvalue weighted by Crippen LogP contribution is -2.41. The second-order valence-electron chi connectivity index (χ2n) is 5.45. The molecule has 1 aliphatic carbocycles. The summed E-state index contributed by atoms with van der Waals surface area (Å²) in [5, 5.41) is 2.67. The number of Topliss-reactive ketones (excluding diaryl/α,β-unsaturated/α-hetero) is 1. The third-order valence-electron chi connectivity index (χ3n) is 3.82. The van der Waals surface area contributed by atoms with Crippen molar-refractivity contribution in [1.82, 2.24) is 5.32 Å². The Labute approximate surface area is 129 Å². The Morgan fingerprint density at radius 2 is 2.05 bits per heavy atom. The van der Waals surface area contributed by atoms with E-state index in [0.29, 0.717) is 6.42 Å². The smallest absolute Gasteiger partial charge is 0.408 e. The quantitative estimate of drug-likeness (QED) is 0.820. The van der Waals surface area contributed by atoms with Gasteiger partial charge in [-0.15, -0.1) is 11.6 Å². The molecule has 114 valence electrons. The summed E-state index contributed by atoms with van der Waals surface area (Å²) in [7, 11) is 0. The lowest BCUT2D eigenvalue weighted by atomic mass is 9.80. The molecule has 0 heterocycles. The molecule has 1 saturated carbocycles. The van der Waals surface area contributed by atoms with Crippen LogP contribution in [0.5, 0.6) is 0 Å². The zero-order chi connectivity index (χ0) is 15.2. The third-order valence-corrected chi connectivity index (χ3v) is 4.39. The Balaban J connectivity index is 1.70. The second-order valence-corrected chi connectivity index (χ2v) is 6.01. The van der Waals surface area contributed by atoms with Gasteiger partial charge in [0.2, 0.25) is 0 Å². The summed E-state index contributed by atoms with van der Waals surface area (Å²) in [6.07, 6.45) is 1.82. The number of rotatable bonds is 6. The standard InChI is InChI=1S/C16H20ClNO3/c1-11(15(19)9-13-7-8-14(13)17)18-16(20)21-10-12-5-3-2-4-6-12/h2-6,11,13-14H,7-10H2,1H3,(H,18,20). The molecule has 2 rings (SSSR count). The maximum Gasteiger partial charge on any atom is 0.408 e. The fourth-order valence-electron chi connectivity index (χ4n) is 2.22. The molecule has 1 aliphatic rings. The van der Waals surface area contributed by atoms with E-state index in [1.165, 1.54) is 0 Å². The van der Waals surface area contributed by atoms with Crippen LogP contribution in [0, 0.1) is 5.92 Å². The third kappa shape index (κ3) is 4.74. The van der Waals surface area contributed by atoms with Crippen molar-refractivity contribution in [3.8, 4) is 0 Å². The number of alkyl halides is 1. The van der Waals surface area contributed by atoms with Crippen molar-refractivity contribution in [2.75, 3.05) is 0 Å². The average Bonchev–Trinajstić information content (AvgIpc) is 2.49. The van der Waals surface area contributed by atoms with Crippen molar-refractivity contribution in [2.45, 2.75) is 44.2 Å². The first kappa shape index (κ1) is 15.8. The molecule has 1 N–H and O–H groups in total. The molecular formula is C16H20ClNO3. The van der Waals surface area contributed by atoms with Crippen molar-refractivity contribution in [3.63, 3.8) is 0 Å². The van der Waals surface area contributed by atoms with Gasteiger partial charge in [-0.3, -0.25) is 4.79 Å². The van der Waals surface area contributed by atoms with Crippen LogP contribution < -0.4 is 5.32 Å². The number of benzene rings is 1. The Kier molecular flexibility index (Phi) is 5.62. The summed E-state index contributed by atoms with van der Waals surface area (Å²) < 4.78 is 5.09. The summed E-state index contributed by atoms with van der Waals surface area (Å²) in [5.41, 5.74) is 0.908. The lowest BCUT2D eigenvalue weighted by Gasteiger charge is -2.31. The van der Waals surface area contributed by atoms with Crippen molar-refractivity contribution >= 4 is 23.5 Å². The molecule has 0 spiro atoms. The fraction of sp³-hybridized carbons (Fsp3) is 0.500. The van der Waals surface area contributed by atoms with Crippen LogP contribution in [-0.2, 0) is 16.1 Å². The van der Waals surface area contributed by atoms with E-state index in [9.17, 15) is 9.59 Å². The predicted molar refractivity (Wildman–Crippen MR) is 81.2 cm³/mol. The highest BCUT2D eigenvalue weighted by Gasteiger charge is 2.32. The molecule has 0 radical (unpaired) electrons. The van der Waals surface area contributed by atoms with Crippen LogP contribution in [0.15, 0.2) is 30.3 Å². The van der Waals surface area contributed by atoms with Gasteiger partial charge in [0.15, 0.2) is 5.78 Å². The van der Waals surface area contributed by atoms with E-state index in [4.69, 9.17) is 16.3 Å². The first-order valence-electron chi connectivity index (χ1n) is 7.20. The number of ketones is 1. The van der Waals surface area contributed by atoms with Gasteiger partial charge in [-0.2, -0.15) is 0 Å². The summed E-state index contributed by atoms with van der Waals surface area (Å²) in [6.45, 7) is 1.87. The summed E-state index contributed by atoms with van der Waals surface area (Å²) in [4.78, 5) is 23.6. The van der Waals surface area contributed by atoms with Gasteiger partial charge in [-0.25, -0.2) is 4.79 Å². The molecule has 3 unspecified atom stereocenters. The SMILES string of the molecule is CC(NC(=O)OCc1ccccc1)C(=O)CC1CCC1Cl. The zero-order valence-corrected chi connectivity index (χ0v) is 12.8. The molecule has 1 amide bonds. The van der Waals surface area contributed by atoms with Crippen LogP contribution in [-0.4, -0.2) is 23.3 Å². The summed E-state index contributed by atoms with van der Waals surface area (Å²) >= 11 is 6.02. The number of hydrogen-bond donors (Lipinski definition) is 1. The molecule has 3 atom stereocenters. The van der Waals surface area contributed by atoms with Gasteiger partial charge < -0.3 is 10.1 Å². The van der Waals surface area contributed by atoms with Gasteiger partial charge in [0, 0.05) is 11.8 Å². The van der Waals surface area contributed by atoms with Crippen molar-refractivity contribution in [2.24, 2.45) is 5.92 Å². The number of alkyl carbamates (subject to hydrolysis) is 1. The molecular weight excluding hydrogens is 290 g/mol. The first-order chi connectivity index (χ1) is 10.1. The van der Waals surface area contributed by atoms with E-state index in [1.807, 2.05) is 30.3 Å². The minimum Gasteiger partial charge on any atom is -0.445 e. The van der Waals surface area contributed by atoms with Crippen molar-refractivity contribution in [3.05, 3.63) is 35.9 Å². The Morgan fingerprint density at radius 1 is 1.33 bits per heavy atom. The van der Waals surface area contributed by atoms with Crippen LogP contribution >= 0.6 is 11.6 Å².